The van der Waals surface area contributed by atoms with E-state index in [1.807, 2.05) is 19.1 Å². The minimum absolute atomic E-state index is 0.0422. The van der Waals surface area contributed by atoms with Gasteiger partial charge in [-0.05, 0) is 69.6 Å². The average Bonchev–Trinajstić information content (AvgIpc) is 2.68. The number of hydrogen-bond donors (Lipinski definition) is 2. The van der Waals surface area contributed by atoms with Crippen LogP contribution in [0, 0.1) is 5.92 Å². The SMILES string of the molecule is C=C(C)[C@@H]1CCC(C)=C[C@H]1c1c(O)cc(CCCCC)cc1OC(=O)NCCCC. The van der Waals surface area contributed by atoms with Crippen LogP contribution in [-0.2, 0) is 6.42 Å². The van der Waals surface area contributed by atoms with Crippen LogP contribution < -0.4 is 10.1 Å². The Morgan fingerprint density at radius 3 is 2.63 bits per heavy atom. The highest BCUT2D eigenvalue weighted by Gasteiger charge is 2.31. The van der Waals surface area contributed by atoms with Crippen LogP contribution in [0.15, 0.2) is 35.9 Å². The zero-order chi connectivity index (χ0) is 22.1. The molecule has 0 unspecified atom stereocenters. The van der Waals surface area contributed by atoms with Crippen LogP contribution in [-0.4, -0.2) is 17.7 Å². The highest BCUT2D eigenvalue weighted by molar-refractivity contribution is 5.72. The molecule has 4 heteroatoms. The van der Waals surface area contributed by atoms with Crippen LogP contribution in [0.1, 0.15) is 89.7 Å². The van der Waals surface area contributed by atoms with E-state index in [9.17, 15) is 9.90 Å². The summed E-state index contributed by atoms with van der Waals surface area (Å²) in [6, 6.07) is 3.79. The maximum atomic E-state index is 12.4. The van der Waals surface area contributed by atoms with Crippen LogP contribution in [0.3, 0.4) is 0 Å². The molecule has 1 amide bonds. The van der Waals surface area contributed by atoms with Crippen molar-refractivity contribution >= 4 is 6.09 Å². The number of nitrogens with one attached hydrogen (secondary N) is 1. The van der Waals surface area contributed by atoms with Gasteiger partial charge in [-0.25, -0.2) is 4.79 Å². The van der Waals surface area contributed by atoms with Gasteiger partial charge in [-0.3, -0.25) is 0 Å². The fourth-order valence-corrected chi connectivity index (χ4v) is 4.22. The van der Waals surface area contributed by atoms with E-state index in [-0.39, 0.29) is 17.6 Å². The second-order valence-electron chi connectivity index (χ2n) is 8.68. The molecule has 0 aliphatic heterocycles. The van der Waals surface area contributed by atoms with E-state index in [0.29, 0.717) is 17.9 Å². The number of phenols is 1. The molecule has 2 N–H and O–H groups in total. The second-order valence-corrected chi connectivity index (χ2v) is 8.68. The first-order valence-electron chi connectivity index (χ1n) is 11.5. The van der Waals surface area contributed by atoms with Crippen molar-refractivity contribution in [3.05, 3.63) is 47.1 Å². The summed E-state index contributed by atoms with van der Waals surface area (Å²) in [4.78, 5) is 12.4. The van der Waals surface area contributed by atoms with Gasteiger partial charge >= 0.3 is 6.09 Å². The minimum Gasteiger partial charge on any atom is -0.507 e. The number of hydrogen-bond acceptors (Lipinski definition) is 3. The summed E-state index contributed by atoms with van der Waals surface area (Å²) in [5, 5.41) is 13.8. The van der Waals surface area contributed by atoms with Crippen LogP contribution in [0.4, 0.5) is 4.79 Å². The molecule has 0 saturated carbocycles. The monoisotopic (exact) mass is 413 g/mol. The van der Waals surface area contributed by atoms with E-state index in [1.165, 1.54) is 5.57 Å². The molecule has 0 fully saturated rings. The Bertz CT molecular complexity index is 766. The molecule has 1 aliphatic carbocycles. The molecule has 0 radical (unpaired) electrons. The summed E-state index contributed by atoms with van der Waals surface area (Å²) >= 11 is 0. The van der Waals surface area contributed by atoms with Crippen molar-refractivity contribution in [1.29, 1.82) is 0 Å². The van der Waals surface area contributed by atoms with E-state index in [0.717, 1.165) is 62.5 Å². The number of aryl methyl sites for hydroxylation is 1. The topological polar surface area (TPSA) is 58.6 Å². The number of aromatic hydroxyl groups is 1. The van der Waals surface area contributed by atoms with Crippen LogP contribution in [0.5, 0.6) is 11.5 Å². The number of rotatable bonds is 10. The van der Waals surface area contributed by atoms with Gasteiger partial charge in [0, 0.05) is 18.0 Å². The third-order valence-electron chi connectivity index (χ3n) is 5.96. The van der Waals surface area contributed by atoms with Crippen LogP contribution in [0.2, 0.25) is 0 Å². The van der Waals surface area contributed by atoms with E-state index >= 15 is 0 Å². The smallest absolute Gasteiger partial charge is 0.412 e. The number of phenolic OH excluding ortho intramolecular Hbond substituents is 1. The maximum Gasteiger partial charge on any atom is 0.412 e. The van der Waals surface area contributed by atoms with Crippen molar-refractivity contribution in [3.8, 4) is 11.5 Å². The highest BCUT2D eigenvalue weighted by atomic mass is 16.6. The molecule has 0 spiro atoms. The largest absolute Gasteiger partial charge is 0.507 e. The number of allylic oxidation sites excluding steroid dienone is 3. The predicted octanol–water partition coefficient (Wildman–Crippen LogP) is 7.03. The summed E-state index contributed by atoms with van der Waals surface area (Å²) < 4.78 is 5.77. The molecule has 166 valence electrons. The minimum atomic E-state index is -0.460. The fourth-order valence-electron chi connectivity index (χ4n) is 4.22. The lowest BCUT2D eigenvalue weighted by Gasteiger charge is -2.32. The van der Waals surface area contributed by atoms with Crippen molar-refractivity contribution in [2.75, 3.05) is 6.54 Å². The molecule has 4 nitrogen and oxygen atoms in total. The number of carbonyl (C=O) groups excluding carboxylic acids is 1. The molecule has 0 saturated heterocycles. The van der Waals surface area contributed by atoms with E-state index in [1.54, 1.807) is 0 Å². The van der Waals surface area contributed by atoms with Gasteiger partial charge in [0.2, 0.25) is 0 Å². The van der Waals surface area contributed by atoms with Crippen LogP contribution in [0.25, 0.3) is 0 Å². The highest BCUT2D eigenvalue weighted by Crippen LogP contribution is 2.47. The van der Waals surface area contributed by atoms with Gasteiger partial charge in [0.05, 0.1) is 0 Å². The molecule has 2 atom stereocenters. The first-order valence-corrected chi connectivity index (χ1v) is 11.5. The van der Waals surface area contributed by atoms with Crippen molar-refractivity contribution in [3.63, 3.8) is 0 Å². The predicted molar refractivity (Wildman–Crippen MR) is 124 cm³/mol. The lowest BCUT2D eigenvalue weighted by Crippen LogP contribution is -2.28. The molecular weight excluding hydrogens is 374 g/mol. The van der Waals surface area contributed by atoms with Crippen molar-refractivity contribution < 1.29 is 14.6 Å². The lowest BCUT2D eigenvalue weighted by atomic mass is 9.73. The van der Waals surface area contributed by atoms with Gasteiger partial charge in [-0.1, -0.05) is 56.9 Å². The summed E-state index contributed by atoms with van der Waals surface area (Å²) in [5.74, 6) is 0.857. The standard InChI is InChI=1S/C26H39NO3/c1-6-8-10-11-20-16-23(28)25(22-15-19(5)12-13-21(22)18(3)4)24(17-20)30-26(29)27-14-9-7-2/h15-17,21-22,28H,3,6-14H2,1-2,4-5H3,(H,27,29)/t21-,22+/m0/s1. The van der Waals surface area contributed by atoms with Crippen molar-refractivity contribution in [2.45, 2.75) is 85.0 Å². The zero-order valence-electron chi connectivity index (χ0n) is 19.2. The molecule has 0 aromatic heterocycles. The first-order chi connectivity index (χ1) is 14.4. The Kier molecular flexibility index (Phi) is 9.48. The van der Waals surface area contributed by atoms with E-state index in [4.69, 9.17) is 4.74 Å². The Balaban J connectivity index is 2.41. The fraction of sp³-hybridized carbons (Fsp3) is 0.577. The Morgan fingerprint density at radius 1 is 1.23 bits per heavy atom. The van der Waals surface area contributed by atoms with Gasteiger partial charge in [0.15, 0.2) is 0 Å². The quantitative estimate of drug-likeness (QED) is 0.320. The zero-order valence-corrected chi connectivity index (χ0v) is 19.2. The molecule has 0 heterocycles. The molecule has 0 bridgehead atoms. The number of benzene rings is 1. The van der Waals surface area contributed by atoms with Gasteiger partial charge < -0.3 is 15.2 Å². The number of unbranched alkanes of at least 4 members (excludes halogenated alkanes) is 3. The maximum absolute atomic E-state index is 12.4. The molecule has 1 aromatic rings. The van der Waals surface area contributed by atoms with Crippen LogP contribution >= 0.6 is 0 Å². The van der Waals surface area contributed by atoms with Crippen molar-refractivity contribution in [1.82, 2.24) is 5.32 Å². The molecule has 30 heavy (non-hydrogen) atoms. The third-order valence-corrected chi connectivity index (χ3v) is 5.96. The average molecular weight is 414 g/mol. The third kappa shape index (κ3) is 6.65. The van der Waals surface area contributed by atoms with Crippen molar-refractivity contribution in [2.24, 2.45) is 5.92 Å². The normalized spacial score (nSPS) is 18.6. The molecule has 1 aromatic carbocycles. The van der Waals surface area contributed by atoms with Gasteiger partial charge in [0.1, 0.15) is 11.5 Å². The van der Waals surface area contributed by atoms with Gasteiger partial charge in [-0.2, -0.15) is 0 Å². The van der Waals surface area contributed by atoms with Gasteiger partial charge in [-0.15, -0.1) is 0 Å². The Morgan fingerprint density at radius 2 is 1.97 bits per heavy atom. The van der Waals surface area contributed by atoms with E-state index in [2.05, 4.69) is 38.7 Å². The van der Waals surface area contributed by atoms with E-state index < -0.39 is 6.09 Å². The Hall–Kier alpha value is -2.23. The lowest BCUT2D eigenvalue weighted by molar-refractivity contribution is 0.199. The summed E-state index contributed by atoms with van der Waals surface area (Å²) in [5.41, 5.74) is 4.09. The number of ether oxygens (including phenoxy) is 1. The molecule has 1 aliphatic rings. The summed E-state index contributed by atoms with van der Waals surface area (Å²) in [6.45, 7) is 13.2. The molecular formula is C26H39NO3. The second kappa shape index (κ2) is 11.8. The first kappa shape index (κ1) is 24.0. The summed E-state index contributed by atoms with van der Waals surface area (Å²) in [7, 11) is 0. The van der Waals surface area contributed by atoms with Gasteiger partial charge in [0.25, 0.3) is 0 Å². The number of amides is 1. The number of carbonyl (C=O) groups is 1. The Labute approximate surface area is 182 Å². The summed E-state index contributed by atoms with van der Waals surface area (Å²) in [6.07, 6.45) is 9.86. The molecule has 2 rings (SSSR count).